The van der Waals surface area contributed by atoms with E-state index in [0.717, 1.165) is 43.4 Å². The average Bonchev–Trinajstić information content (AvgIpc) is 3.02. The molecule has 1 aromatic carbocycles. The molecule has 3 N–H and O–H groups in total. The molecule has 24 heavy (non-hydrogen) atoms. The van der Waals surface area contributed by atoms with E-state index in [4.69, 9.17) is 5.73 Å². The van der Waals surface area contributed by atoms with Gasteiger partial charge >= 0.3 is 0 Å². The Morgan fingerprint density at radius 2 is 1.96 bits per heavy atom. The Labute approximate surface area is 147 Å². The van der Waals surface area contributed by atoms with Gasteiger partial charge in [-0.15, -0.1) is 0 Å². The van der Waals surface area contributed by atoms with Crippen molar-refractivity contribution in [3.63, 3.8) is 0 Å². The van der Waals surface area contributed by atoms with Crippen LogP contribution in [0.3, 0.4) is 0 Å². The molecule has 2 fully saturated rings. The van der Waals surface area contributed by atoms with Crippen LogP contribution in [0.1, 0.15) is 56.9 Å². The van der Waals surface area contributed by atoms with Gasteiger partial charge in [0, 0.05) is 39.4 Å². The summed E-state index contributed by atoms with van der Waals surface area (Å²) in [6.45, 7) is 0. The Balaban J connectivity index is 1.57. The van der Waals surface area contributed by atoms with Crippen molar-refractivity contribution >= 4 is 22.4 Å². The highest BCUT2D eigenvalue weighted by Crippen LogP contribution is 2.27. The Bertz CT molecular complexity index is 565. The number of amides is 1. The molecule has 132 valence electrons. The topological polar surface area (TPSA) is 72.2 Å². The van der Waals surface area contributed by atoms with Gasteiger partial charge in [0.25, 0.3) is 0 Å². The van der Waals surface area contributed by atoms with E-state index in [2.05, 4.69) is 5.32 Å². The third kappa shape index (κ3) is 4.67. The number of carbonyl (C=O) groups excluding carboxylic acids is 1. The van der Waals surface area contributed by atoms with Gasteiger partial charge in [-0.1, -0.05) is 31.4 Å². The summed E-state index contributed by atoms with van der Waals surface area (Å²) in [5.74, 6) is 0.677. The molecule has 3 unspecified atom stereocenters. The molecule has 0 aliphatic heterocycles. The van der Waals surface area contributed by atoms with Crippen LogP contribution in [0.15, 0.2) is 24.3 Å². The molecule has 0 aromatic heterocycles. The predicted octanol–water partition coefficient (Wildman–Crippen LogP) is 3.33. The van der Waals surface area contributed by atoms with Crippen LogP contribution >= 0.6 is 0 Å². The first-order chi connectivity index (χ1) is 11.6. The third-order valence-electron chi connectivity index (χ3n) is 5.27. The fourth-order valence-corrected chi connectivity index (χ4v) is 5.45. The number of nitrogens with two attached hydrogens (primary N) is 1. The van der Waals surface area contributed by atoms with Crippen molar-refractivity contribution in [2.75, 3.05) is 5.32 Å². The minimum absolute atomic E-state index is 0.0278. The first-order valence-electron chi connectivity index (χ1n) is 9.14. The standard InChI is InChI=1S/C19H28N2O2S/c20-16-10-9-15(12-16)19(22)21-17-6-4-5-14(11-17)13-24(23)18-7-2-1-3-8-18/h4-6,11,15-16,18H,1-3,7-10,12-13,20H2,(H,21,22). The highest BCUT2D eigenvalue weighted by molar-refractivity contribution is 7.84. The number of benzene rings is 1. The summed E-state index contributed by atoms with van der Waals surface area (Å²) in [7, 11) is -0.814. The first kappa shape index (κ1) is 17.6. The molecule has 2 aliphatic carbocycles. The van der Waals surface area contributed by atoms with Gasteiger partial charge in [0.2, 0.25) is 5.91 Å². The molecule has 0 spiro atoms. The first-order valence-corrected chi connectivity index (χ1v) is 10.5. The zero-order chi connectivity index (χ0) is 16.9. The van der Waals surface area contributed by atoms with Crippen LogP contribution in [0.5, 0.6) is 0 Å². The average molecular weight is 349 g/mol. The van der Waals surface area contributed by atoms with E-state index >= 15 is 0 Å². The maximum Gasteiger partial charge on any atom is 0.227 e. The van der Waals surface area contributed by atoms with Crippen LogP contribution in [0.4, 0.5) is 5.69 Å². The van der Waals surface area contributed by atoms with Crippen LogP contribution in [-0.4, -0.2) is 21.4 Å². The van der Waals surface area contributed by atoms with Gasteiger partial charge in [0.1, 0.15) is 0 Å². The van der Waals surface area contributed by atoms with E-state index in [1.807, 2.05) is 24.3 Å². The van der Waals surface area contributed by atoms with E-state index in [-0.39, 0.29) is 17.9 Å². The van der Waals surface area contributed by atoms with E-state index in [1.54, 1.807) is 0 Å². The highest BCUT2D eigenvalue weighted by atomic mass is 32.2. The molecular weight excluding hydrogens is 320 g/mol. The van der Waals surface area contributed by atoms with Gasteiger partial charge in [-0.05, 0) is 49.8 Å². The van der Waals surface area contributed by atoms with E-state index in [9.17, 15) is 9.00 Å². The normalized spacial score (nSPS) is 26.2. The molecule has 4 nitrogen and oxygen atoms in total. The molecule has 0 radical (unpaired) electrons. The summed E-state index contributed by atoms with van der Waals surface area (Å²) in [6.07, 6.45) is 8.44. The molecule has 3 atom stereocenters. The summed E-state index contributed by atoms with van der Waals surface area (Å²) in [6, 6.07) is 7.96. The second-order valence-corrected chi connectivity index (χ2v) is 8.96. The van der Waals surface area contributed by atoms with Crippen molar-refractivity contribution in [2.24, 2.45) is 11.7 Å². The maximum atomic E-state index is 12.6. The van der Waals surface area contributed by atoms with Crippen molar-refractivity contribution < 1.29 is 9.00 Å². The predicted molar refractivity (Wildman–Crippen MR) is 99.1 cm³/mol. The Morgan fingerprint density at radius 1 is 1.17 bits per heavy atom. The second kappa shape index (κ2) is 8.26. The second-order valence-electron chi connectivity index (χ2n) is 7.24. The monoisotopic (exact) mass is 348 g/mol. The smallest absolute Gasteiger partial charge is 0.227 e. The van der Waals surface area contributed by atoms with Crippen molar-refractivity contribution in [1.82, 2.24) is 0 Å². The van der Waals surface area contributed by atoms with E-state index in [1.165, 1.54) is 19.3 Å². The summed E-state index contributed by atoms with van der Waals surface area (Å²) in [5, 5.41) is 3.35. The number of rotatable bonds is 5. The minimum Gasteiger partial charge on any atom is -0.328 e. The number of anilines is 1. The van der Waals surface area contributed by atoms with Crippen LogP contribution < -0.4 is 11.1 Å². The number of hydrogen-bond acceptors (Lipinski definition) is 3. The molecule has 2 saturated carbocycles. The van der Waals surface area contributed by atoms with Gasteiger partial charge in [0.15, 0.2) is 0 Å². The fraction of sp³-hybridized carbons (Fsp3) is 0.632. The van der Waals surface area contributed by atoms with Gasteiger partial charge in [-0.2, -0.15) is 0 Å². The van der Waals surface area contributed by atoms with Crippen LogP contribution in [0, 0.1) is 5.92 Å². The minimum atomic E-state index is -0.814. The molecule has 3 rings (SSSR count). The van der Waals surface area contributed by atoms with Crippen LogP contribution in [-0.2, 0) is 21.3 Å². The maximum absolute atomic E-state index is 12.6. The summed E-state index contributed by atoms with van der Waals surface area (Å²) in [5.41, 5.74) is 7.74. The lowest BCUT2D eigenvalue weighted by Gasteiger charge is -2.21. The summed E-state index contributed by atoms with van der Waals surface area (Å²) in [4.78, 5) is 12.3. The Hall–Kier alpha value is -1.20. The SMILES string of the molecule is NC1CCC(C(=O)Nc2cccc(CS(=O)C3CCCCC3)c2)C1. The van der Waals surface area contributed by atoms with Gasteiger partial charge in [-0.25, -0.2) is 0 Å². The lowest BCUT2D eigenvalue weighted by molar-refractivity contribution is -0.119. The molecule has 1 amide bonds. The summed E-state index contributed by atoms with van der Waals surface area (Å²) >= 11 is 0. The van der Waals surface area contributed by atoms with Crippen molar-refractivity contribution in [1.29, 1.82) is 0 Å². The van der Waals surface area contributed by atoms with Crippen molar-refractivity contribution in [2.45, 2.75) is 68.4 Å². The zero-order valence-corrected chi connectivity index (χ0v) is 15.0. The molecule has 1 aromatic rings. The van der Waals surface area contributed by atoms with Gasteiger partial charge < -0.3 is 11.1 Å². The number of nitrogens with one attached hydrogen (secondary N) is 1. The largest absolute Gasteiger partial charge is 0.328 e. The Morgan fingerprint density at radius 3 is 2.67 bits per heavy atom. The fourth-order valence-electron chi connectivity index (χ4n) is 3.85. The highest BCUT2D eigenvalue weighted by Gasteiger charge is 2.27. The van der Waals surface area contributed by atoms with Crippen molar-refractivity contribution in [3.8, 4) is 0 Å². The molecule has 0 heterocycles. The van der Waals surface area contributed by atoms with E-state index < -0.39 is 10.8 Å². The van der Waals surface area contributed by atoms with E-state index in [0.29, 0.717) is 11.0 Å². The van der Waals surface area contributed by atoms with Crippen LogP contribution in [0.25, 0.3) is 0 Å². The third-order valence-corrected chi connectivity index (χ3v) is 7.10. The number of carbonyl (C=O) groups is 1. The quantitative estimate of drug-likeness (QED) is 0.857. The lowest BCUT2D eigenvalue weighted by Crippen LogP contribution is -2.23. The number of hydrogen-bond donors (Lipinski definition) is 2. The molecule has 5 heteroatoms. The lowest BCUT2D eigenvalue weighted by atomic mass is 10.0. The molecule has 0 saturated heterocycles. The van der Waals surface area contributed by atoms with Crippen LogP contribution in [0.2, 0.25) is 0 Å². The molecule has 0 bridgehead atoms. The molecular formula is C19H28N2O2S. The summed E-state index contributed by atoms with van der Waals surface area (Å²) < 4.78 is 12.6. The van der Waals surface area contributed by atoms with Gasteiger partial charge in [-0.3, -0.25) is 9.00 Å². The van der Waals surface area contributed by atoms with Crippen molar-refractivity contribution in [3.05, 3.63) is 29.8 Å². The Kier molecular flexibility index (Phi) is 6.06. The molecule has 2 aliphatic rings. The zero-order valence-electron chi connectivity index (χ0n) is 14.2. The van der Waals surface area contributed by atoms with Gasteiger partial charge in [0.05, 0.1) is 0 Å².